The number of carbonyl (C=O) groups is 2. The Morgan fingerprint density at radius 1 is 0.889 bits per heavy atom. The van der Waals surface area contributed by atoms with E-state index in [4.69, 9.17) is 18.6 Å². The summed E-state index contributed by atoms with van der Waals surface area (Å²) in [5.74, 6) is -1.72. The Morgan fingerprint density at radius 3 is 2.11 bits per heavy atom. The highest BCUT2D eigenvalue weighted by Gasteiger charge is 2.24. The zero-order chi connectivity index (χ0) is 19.4. The van der Waals surface area contributed by atoms with Crippen molar-refractivity contribution in [2.75, 3.05) is 0 Å². The Bertz CT molecular complexity index is 1020. The largest absolute Gasteiger partial charge is 0.420 e. The van der Waals surface area contributed by atoms with E-state index in [1.807, 2.05) is 6.07 Å². The minimum atomic E-state index is -1.72. The van der Waals surface area contributed by atoms with Crippen molar-refractivity contribution in [3.63, 3.8) is 0 Å². The maximum Gasteiger partial charge on any atom is 0.411 e. The van der Waals surface area contributed by atoms with E-state index in [1.165, 1.54) is 0 Å². The first-order valence-corrected chi connectivity index (χ1v) is 8.08. The summed E-state index contributed by atoms with van der Waals surface area (Å²) in [4.78, 5) is 35.1. The van der Waals surface area contributed by atoms with Crippen molar-refractivity contribution in [3.8, 4) is 16.9 Å². The zero-order valence-corrected chi connectivity index (χ0v) is 14.6. The summed E-state index contributed by atoms with van der Waals surface area (Å²) in [6.45, 7) is 0.535. The molecule has 2 aromatic carbocycles. The molecule has 0 N–H and O–H groups in total. The summed E-state index contributed by atoms with van der Waals surface area (Å²) < 4.78 is 20.4. The maximum absolute atomic E-state index is 12.6. The van der Waals surface area contributed by atoms with Gasteiger partial charge >= 0.3 is 24.0 Å². The summed E-state index contributed by atoms with van der Waals surface area (Å²) in [7, 11) is 0. The molecule has 7 nitrogen and oxygen atoms in total. The lowest BCUT2D eigenvalue weighted by atomic mass is 10.0. The average molecular weight is 368 g/mol. The van der Waals surface area contributed by atoms with Gasteiger partial charge in [0.25, 0.3) is 0 Å². The van der Waals surface area contributed by atoms with Crippen molar-refractivity contribution >= 4 is 22.9 Å². The Morgan fingerprint density at radius 2 is 1.48 bits per heavy atom. The topological polar surface area (TPSA) is 92.0 Å². The number of ether oxygens (including phenoxy) is 3. The van der Waals surface area contributed by atoms with Gasteiger partial charge in [0.2, 0.25) is 5.75 Å². The molecule has 0 spiro atoms. The highest BCUT2D eigenvalue weighted by molar-refractivity contribution is 5.96. The van der Waals surface area contributed by atoms with Crippen LogP contribution in [0.2, 0.25) is 0 Å². The van der Waals surface area contributed by atoms with Crippen molar-refractivity contribution < 1.29 is 28.2 Å². The summed E-state index contributed by atoms with van der Waals surface area (Å²) >= 11 is 0. The molecule has 0 saturated heterocycles. The molecule has 0 aliphatic carbocycles. The second-order valence-corrected chi connectivity index (χ2v) is 5.58. The van der Waals surface area contributed by atoms with Crippen LogP contribution in [0.4, 0.5) is 0 Å². The molecule has 27 heavy (non-hydrogen) atoms. The Kier molecular flexibility index (Phi) is 5.21. The number of para-hydroxylation sites is 1. The first-order valence-electron chi connectivity index (χ1n) is 8.08. The third kappa shape index (κ3) is 4.14. The van der Waals surface area contributed by atoms with Crippen molar-refractivity contribution in [3.05, 3.63) is 65.0 Å². The summed E-state index contributed by atoms with van der Waals surface area (Å²) in [5, 5.41) is 0.614. The highest BCUT2D eigenvalue weighted by atomic mass is 16.9. The molecule has 138 valence electrons. The Labute approximate surface area is 154 Å². The molecular formula is C20H16O7. The lowest BCUT2D eigenvalue weighted by Crippen LogP contribution is -2.30. The van der Waals surface area contributed by atoms with Crippen LogP contribution in [-0.4, -0.2) is 18.4 Å². The third-order valence-corrected chi connectivity index (χ3v) is 3.57. The molecule has 7 heteroatoms. The van der Waals surface area contributed by atoms with Crippen LogP contribution in [0.15, 0.2) is 63.8 Å². The van der Waals surface area contributed by atoms with Gasteiger partial charge in [-0.25, -0.2) is 4.79 Å². The van der Waals surface area contributed by atoms with Gasteiger partial charge in [0.15, 0.2) is 0 Å². The zero-order valence-electron chi connectivity index (χ0n) is 14.6. The first-order chi connectivity index (χ1) is 13.0. The van der Waals surface area contributed by atoms with Gasteiger partial charge in [-0.1, -0.05) is 48.5 Å². The van der Waals surface area contributed by atoms with Gasteiger partial charge in [-0.3, -0.25) is 9.59 Å². The monoisotopic (exact) mass is 368 g/mol. The molecule has 0 saturated carbocycles. The van der Waals surface area contributed by atoms with E-state index in [-0.39, 0.29) is 5.75 Å². The number of hydrogen-bond acceptors (Lipinski definition) is 7. The number of esters is 2. The van der Waals surface area contributed by atoms with E-state index in [1.54, 1.807) is 48.5 Å². The molecule has 0 fully saturated rings. The number of rotatable bonds is 5. The van der Waals surface area contributed by atoms with Crippen LogP contribution in [0.1, 0.15) is 13.8 Å². The fraction of sp³-hybridized carbons (Fsp3) is 0.150. The van der Waals surface area contributed by atoms with Crippen LogP contribution >= 0.6 is 0 Å². The SMILES string of the molecule is CC(=O)OC(OC(C)=O)Oc1c(-c2ccccc2)c2ccccc2oc1=O. The average Bonchev–Trinajstić information content (AvgIpc) is 2.62. The molecule has 1 heterocycles. The predicted molar refractivity (Wildman–Crippen MR) is 95.9 cm³/mol. The standard InChI is InChI=1S/C20H16O7/c1-12(21)24-20(25-13(2)22)27-18-17(14-8-4-3-5-9-14)15-10-6-7-11-16(15)26-19(18)23/h3-11,20H,1-2H3. The van der Waals surface area contributed by atoms with Gasteiger partial charge in [-0.2, -0.15) is 0 Å². The van der Waals surface area contributed by atoms with E-state index in [9.17, 15) is 14.4 Å². The van der Waals surface area contributed by atoms with Crippen LogP contribution < -0.4 is 10.4 Å². The minimum absolute atomic E-state index is 0.229. The van der Waals surface area contributed by atoms with Crippen LogP contribution in [-0.2, 0) is 19.1 Å². The molecule has 0 atom stereocenters. The first kappa shape index (κ1) is 18.2. The lowest BCUT2D eigenvalue weighted by molar-refractivity contribution is -0.233. The van der Waals surface area contributed by atoms with E-state index in [0.29, 0.717) is 22.1 Å². The quantitative estimate of drug-likeness (QED) is 0.388. The fourth-order valence-electron chi connectivity index (χ4n) is 2.57. The lowest BCUT2D eigenvalue weighted by Gasteiger charge is -2.19. The summed E-state index contributed by atoms with van der Waals surface area (Å²) in [6, 6.07) is 16.0. The second kappa shape index (κ2) is 7.74. The molecule has 3 rings (SSSR count). The van der Waals surface area contributed by atoms with Crippen LogP contribution in [0.25, 0.3) is 22.1 Å². The number of hydrogen-bond donors (Lipinski definition) is 0. The van der Waals surface area contributed by atoms with Gasteiger partial charge in [0.05, 0.1) is 0 Å². The summed E-state index contributed by atoms with van der Waals surface area (Å²) in [6.07, 6.45) is 0. The smallest absolute Gasteiger partial charge is 0.411 e. The van der Waals surface area contributed by atoms with Gasteiger partial charge in [-0.15, -0.1) is 0 Å². The molecule has 0 bridgehead atoms. The van der Waals surface area contributed by atoms with E-state index in [2.05, 4.69) is 0 Å². The molecule has 1 aromatic heterocycles. The maximum atomic E-state index is 12.6. The van der Waals surface area contributed by atoms with Crippen molar-refractivity contribution in [1.29, 1.82) is 0 Å². The molecule has 3 aromatic rings. The molecule has 0 aliphatic heterocycles. The van der Waals surface area contributed by atoms with Crippen LogP contribution in [0, 0.1) is 0 Å². The highest BCUT2D eigenvalue weighted by Crippen LogP contribution is 2.35. The van der Waals surface area contributed by atoms with Gasteiger partial charge in [-0.05, 0) is 11.6 Å². The number of carbonyl (C=O) groups excluding carboxylic acids is 2. The van der Waals surface area contributed by atoms with Crippen molar-refractivity contribution in [2.24, 2.45) is 0 Å². The van der Waals surface area contributed by atoms with E-state index >= 15 is 0 Å². The molecular weight excluding hydrogens is 352 g/mol. The van der Waals surface area contributed by atoms with Crippen LogP contribution in [0.5, 0.6) is 5.75 Å². The molecule has 0 amide bonds. The van der Waals surface area contributed by atoms with Crippen molar-refractivity contribution in [2.45, 2.75) is 20.3 Å². The van der Waals surface area contributed by atoms with Gasteiger partial charge in [0.1, 0.15) is 5.58 Å². The minimum Gasteiger partial charge on any atom is -0.420 e. The second-order valence-electron chi connectivity index (χ2n) is 5.58. The van der Waals surface area contributed by atoms with Gasteiger partial charge in [0, 0.05) is 24.8 Å². The van der Waals surface area contributed by atoms with Gasteiger partial charge < -0.3 is 18.6 Å². The van der Waals surface area contributed by atoms with E-state index in [0.717, 1.165) is 13.8 Å². The number of fused-ring (bicyclic) bond motifs is 1. The normalized spacial score (nSPS) is 10.6. The Hall–Kier alpha value is -3.61. The van der Waals surface area contributed by atoms with E-state index < -0.39 is 24.0 Å². The fourth-order valence-corrected chi connectivity index (χ4v) is 2.57. The van der Waals surface area contributed by atoms with Crippen molar-refractivity contribution in [1.82, 2.24) is 0 Å². The molecule has 0 aliphatic rings. The third-order valence-electron chi connectivity index (χ3n) is 3.57. The molecule has 0 unspecified atom stereocenters. The summed E-state index contributed by atoms with van der Waals surface area (Å²) in [5.41, 5.74) is 0.690. The Balaban J connectivity index is 2.19. The van der Waals surface area contributed by atoms with Crippen LogP contribution in [0.3, 0.4) is 0 Å². The predicted octanol–water partition coefficient (Wildman–Crippen LogP) is 3.25. The number of benzene rings is 2. The molecule has 0 radical (unpaired) electrons.